The van der Waals surface area contributed by atoms with Gasteiger partial charge in [0, 0.05) is 0 Å². The molecule has 3 aliphatic heterocycles. The molecule has 44 nitrogen and oxygen atoms in total. The van der Waals surface area contributed by atoms with Gasteiger partial charge in [0.1, 0.15) is 61.0 Å². The van der Waals surface area contributed by atoms with Crippen LogP contribution in [0.2, 0.25) is 0 Å². The summed E-state index contributed by atoms with van der Waals surface area (Å²) in [6.45, 7) is -7.12. The lowest BCUT2D eigenvalue weighted by Crippen LogP contribution is -2.63. The van der Waals surface area contributed by atoms with Gasteiger partial charge in [-0.2, -0.15) is 75.8 Å². The third-order valence-electron chi connectivity index (χ3n) is 8.04. The third-order valence-corrected chi connectivity index (χ3v) is 12.6. The van der Waals surface area contributed by atoms with E-state index in [4.69, 9.17) is 32.8 Å². The summed E-state index contributed by atoms with van der Waals surface area (Å²) in [5, 5.41) is 0. The van der Waals surface area contributed by atoms with Gasteiger partial charge >= 0.3 is 93.6 Å². The third kappa shape index (κ3) is 23.4. The van der Waals surface area contributed by atoms with Crippen molar-refractivity contribution in [2.24, 2.45) is 0 Å². The number of thiol groups is 1. The van der Waals surface area contributed by atoms with Crippen LogP contribution in [0.3, 0.4) is 0 Å². The largest absolute Gasteiger partial charge is 0.397 e. The molecule has 0 aromatic heterocycles. The molecule has 3 heterocycles. The van der Waals surface area contributed by atoms with Gasteiger partial charge < -0.3 is 23.7 Å². The first-order valence-electron chi connectivity index (χ1n) is 16.9. The van der Waals surface area contributed by atoms with Crippen LogP contribution in [-0.4, -0.2) is 237 Å². The van der Waals surface area contributed by atoms with Crippen molar-refractivity contribution in [3.05, 3.63) is 0 Å². The molecule has 0 bridgehead atoms. The van der Waals surface area contributed by atoms with Gasteiger partial charge in [0.2, 0.25) is 0 Å². The highest BCUT2D eigenvalue weighted by Gasteiger charge is 2.58. The van der Waals surface area contributed by atoms with E-state index in [0.717, 1.165) is 0 Å². The van der Waals surface area contributed by atoms with Crippen LogP contribution < -0.4 is 0 Å². The highest BCUT2D eigenvalue weighted by molar-refractivity contribution is 7.82. The molecule has 54 heteroatoms. The van der Waals surface area contributed by atoms with Crippen molar-refractivity contribution >= 4 is 105 Å². The maximum atomic E-state index is 12.0. The predicted molar refractivity (Wildman–Crippen MR) is 203 cm³/mol. The quantitative estimate of drug-likeness (QED) is 0.0257. The number of hydrogen-bond donors (Lipinski definition) is 10. The number of rotatable bonds is 28. The molecule has 0 amide bonds. The average molecular weight is 1270 g/mol. The number of hydrogen-bond acceptors (Lipinski definition) is 35. The zero-order valence-corrected chi connectivity index (χ0v) is 41.6. The van der Waals surface area contributed by atoms with Gasteiger partial charge in [0.25, 0.3) is 11.0 Å². The van der Waals surface area contributed by atoms with E-state index in [2.05, 4.69) is 41.8 Å². The summed E-state index contributed by atoms with van der Waals surface area (Å²) in [4.78, 5) is 0. The van der Waals surface area contributed by atoms with E-state index in [9.17, 15) is 116 Å². The molecular weight excluding hydrogens is 1240 g/mol. The Morgan fingerprint density at radius 3 is 0.819 bits per heavy atom. The molecule has 0 unspecified atom stereocenters. The lowest BCUT2D eigenvalue weighted by Gasteiger charge is -2.43. The summed E-state index contributed by atoms with van der Waals surface area (Å²) in [5.41, 5.74) is 0. The van der Waals surface area contributed by atoms with Crippen molar-refractivity contribution in [3.63, 3.8) is 0 Å². The van der Waals surface area contributed by atoms with Crippen LogP contribution in [0.5, 0.6) is 0 Å². The lowest BCUT2D eigenvalue weighted by molar-refractivity contribution is -0.295. The Morgan fingerprint density at radius 1 is 0.306 bits per heavy atom. The average Bonchev–Trinajstić information content (AvgIpc) is 3.41. The van der Waals surface area contributed by atoms with Gasteiger partial charge in [-0.25, -0.2) is 46.1 Å². The summed E-state index contributed by atoms with van der Waals surface area (Å²) in [6.07, 6.45) is -40.9. The highest BCUT2D eigenvalue weighted by Crippen LogP contribution is 2.36. The van der Waals surface area contributed by atoms with E-state index in [0.29, 0.717) is 0 Å². The zero-order chi connectivity index (χ0) is 55.6. The molecule has 72 heavy (non-hydrogen) atoms. The van der Waals surface area contributed by atoms with E-state index in [1.165, 1.54) is 0 Å². The summed E-state index contributed by atoms with van der Waals surface area (Å²) in [5.74, 6) is 0. The second-order valence-corrected chi connectivity index (χ2v) is 23.3. The Balaban J connectivity index is 2.20. The van der Waals surface area contributed by atoms with Crippen LogP contribution in [0.1, 0.15) is 0 Å². The molecule has 3 aliphatic rings. The molecule has 0 saturated carbocycles. The highest BCUT2D eigenvalue weighted by atomic mass is 32.3. The van der Waals surface area contributed by atoms with Crippen molar-refractivity contribution < 1.29 is 191 Å². The molecule has 0 radical (unpaired) electrons. The Bertz CT molecular complexity index is 3010. The van der Waals surface area contributed by atoms with Crippen LogP contribution in [-0.2, 0) is 170 Å². The van der Waals surface area contributed by atoms with E-state index >= 15 is 0 Å². The molecule has 3 rings (SSSR count). The van der Waals surface area contributed by atoms with Crippen molar-refractivity contribution in [2.45, 2.75) is 85.8 Å². The van der Waals surface area contributed by atoms with Gasteiger partial charge in [-0.3, -0.25) is 45.2 Å². The van der Waals surface area contributed by atoms with Crippen LogP contribution in [0.15, 0.2) is 0 Å². The molecule has 9 N–H and O–H groups in total. The Labute approximate surface area is 405 Å². The first-order chi connectivity index (χ1) is 32.1. The summed E-state index contributed by atoms with van der Waals surface area (Å²) in [7, 11) is -58.1. The smallest absolute Gasteiger partial charge is 0.364 e. The van der Waals surface area contributed by atoms with Gasteiger partial charge in [0.15, 0.2) is 24.8 Å². The summed E-state index contributed by atoms with van der Waals surface area (Å²) in [6, 6.07) is 0. The van der Waals surface area contributed by atoms with Crippen molar-refractivity contribution in [2.75, 3.05) is 26.4 Å². The fourth-order valence-electron chi connectivity index (χ4n) is 6.03. The fourth-order valence-corrected chi connectivity index (χ4v) is 10.6. The molecular formula is C18H32O44S10. The van der Waals surface area contributed by atoms with Crippen LogP contribution >= 0.6 is 0 Å². The van der Waals surface area contributed by atoms with E-state index in [1.54, 1.807) is 0 Å². The Morgan fingerprint density at radius 2 is 0.542 bits per heavy atom. The first kappa shape index (κ1) is 64.8. The Kier molecular flexibility index (Phi) is 21.7. The molecule has 0 aromatic carbocycles. The van der Waals surface area contributed by atoms with Crippen LogP contribution in [0, 0.1) is 0 Å². The van der Waals surface area contributed by atoms with Crippen LogP contribution in [0.25, 0.3) is 0 Å². The predicted octanol–water partition coefficient (Wildman–Crippen LogP) is -8.90. The normalized spacial score (nSPS) is 32.0. The number of ether oxygens (including phenoxy) is 5. The van der Waals surface area contributed by atoms with Gasteiger partial charge in [-0.05, 0) is 0 Å². The van der Waals surface area contributed by atoms with E-state index in [1.807, 2.05) is 0 Å². The molecule has 0 aromatic rings. The van der Waals surface area contributed by atoms with Crippen molar-refractivity contribution in [3.8, 4) is 0 Å². The minimum atomic E-state index is -6.12. The van der Waals surface area contributed by atoms with Crippen LogP contribution in [0.4, 0.5) is 0 Å². The second kappa shape index (κ2) is 24.1. The molecule has 0 spiro atoms. The second-order valence-electron chi connectivity index (χ2n) is 13.1. The molecule has 0 aliphatic carbocycles. The van der Waals surface area contributed by atoms with Gasteiger partial charge in [0.05, 0.1) is 26.4 Å². The SMILES string of the molecule is O=[SH](=O)O[C@H]1[C@H](OC[C@H]2O[C@H](CO[C@@H]3O[C@@H](COS(=O)(=O)O)[C@@H](OS(=O)(=O)O)[C@H](OS(=O)(=O)O)[C@H]3OS(=O)(=O)O)[C@@H](OS(=O)(=O)O)[C@@H]2OS(=O)(=O)O)O[C@@H](COS(=O)(=O)O)[C@@H](OS(=O)(=O)O)[C@@H]1OS(=O)(=O)O. The Hall–Kier alpha value is -1.46. The fraction of sp³-hybridized carbons (Fsp3) is 1.00. The minimum absolute atomic E-state index is 1.71. The van der Waals surface area contributed by atoms with Gasteiger partial charge in [-0.1, -0.05) is 0 Å². The van der Waals surface area contributed by atoms with E-state index < -0.39 is 217 Å². The van der Waals surface area contributed by atoms with Crippen molar-refractivity contribution in [1.29, 1.82) is 0 Å². The standard InChI is InChI=1S/C18H32O44S10/c19-63(20)55-15-13(60-70(39,40)41)11(58-68(33,34)35)7(3-50-64(21,22)23)53-17(15)48-1-5-9(56-66(27,28)29)10(57-67(30,31)32)6(52-5)2-49-18-16(62-72(45,46)47)14(61-71(42,43)44)12(59-69(36,37)38)8(54-18)4-51-65(24,25)26/h5-18,63H,1-4H2,(H,21,22,23)(H,24,25,26)(H,27,28,29)(H,30,31,32)(H,33,34,35)(H,36,37,38)(H,39,40,41)(H,42,43,44)(H,45,46,47)/t5-,6-,7+,8+,9-,10-,11-,12-,13+,14+,15-,16-,17-,18-/m1/s1. The maximum absolute atomic E-state index is 12.0. The molecule has 428 valence electrons. The monoisotopic (exact) mass is 1270 g/mol. The van der Waals surface area contributed by atoms with Crippen molar-refractivity contribution in [1.82, 2.24) is 0 Å². The molecule has 14 atom stereocenters. The van der Waals surface area contributed by atoms with Gasteiger partial charge in [-0.15, -0.1) is 0 Å². The summed E-state index contributed by atoms with van der Waals surface area (Å²) >= 11 is 0. The van der Waals surface area contributed by atoms with E-state index in [-0.39, 0.29) is 0 Å². The first-order valence-corrected chi connectivity index (χ1v) is 30.3. The molecule has 3 fully saturated rings. The summed E-state index contributed by atoms with van der Waals surface area (Å²) < 4.78 is 387. The minimum Gasteiger partial charge on any atom is -0.364 e. The molecule has 3 saturated heterocycles. The topological polar surface area (TPSA) is 662 Å². The zero-order valence-electron chi connectivity index (χ0n) is 33.3. The maximum Gasteiger partial charge on any atom is 0.397 e. The lowest BCUT2D eigenvalue weighted by atomic mass is 9.99.